The first-order valence-electron chi connectivity index (χ1n) is 6.40. The van der Waals surface area contributed by atoms with Crippen LogP contribution < -0.4 is 4.74 Å². The van der Waals surface area contributed by atoms with Crippen molar-refractivity contribution in [2.45, 2.75) is 13.3 Å². The molecule has 5 nitrogen and oxygen atoms in total. The average Bonchev–Trinajstić information content (AvgIpc) is 2.80. The zero-order chi connectivity index (χ0) is 13.8. The Morgan fingerprint density at radius 1 is 1.42 bits per heavy atom. The topological polar surface area (TPSA) is 46.8 Å². The summed E-state index contributed by atoms with van der Waals surface area (Å²) in [4.78, 5) is 13.8. The monoisotopic (exact) mass is 261 g/mol. The first-order chi connectivity index (χ1) is 9.11. The normalized spacial score (nSPS) is 11.2. The largest absolute Gasteiger partial charge is 0.491 e. The van der Waals surface area contributed by atoms with Crippen molar-refractivity contribution in [2.24, 2.45) is 0 Å². The summed E-state index contributed by atoms with van der Waals surface area (Å²) in [5.74, 6) is 0.865. The van der Waals surface area contributed by atoms with Crippen molar-refractivity contribution >= 4 is 11.3 Å². The van der Waals surface area contributed by atoms with Crippen LogP contribution in [0.5, 0.6) is 5.75 Å². The van der Waals surface area contributed by atoms with Gasteiger partial charge in [-0.3, -0.25) is 4.79 Å². The summed E-state index contributed by atoms with van der Waals surface area (Å²) in [6, 6.07) is 3.75. The quantitative estimate of drug-likeness (QED) is 0.745. The van der Waals surface area contributed by atoms with E-state index in [4.69, 9.17) is 4.74 Å². The highest BCUT2D eigenvalue weighted by Gasteiger charge is 2.11. The maximum atomic E-state index is 11.7. The van der Waals surface area contributed by atoms with Crippen molar-refractivity contribution in [3.8, 4) is 5.75 Å². The Bertz CT molecular complexity index is 575. The number of hydrogen-bond donors (Lipinski definition) is 0. The van der Waals surface area contributed by atoms with Crippen LogP contribution in [0.3, 0.4) is 0 Å². The van der Waals surface area contributed by atoms with Crippen molar-refractivity contribution < 1.29 is 9.53 Å². The van der Waals surface area contributed by atoms with Crippen LogP contribution in [0.25, 0.3) is 5.52 Å². The van der Waals surface area contributed by atoms with Gasteiger partial charge in [0.25, 0.3) is 0 Å². The highest BCUT2D eigenvalue weighted by molar-refractivity contribution is 6.01. The van der Waals surface area contributed by atoms with Crippen LogP contribution in [-0.4, -0.2) is 47.5 Å². The van der Waals surface area contributed by atoms with Gasteiger partial charge in [0.15, 0.2) is 5.78 Å². The van der Waals surface area contributed by atoms with Gasteiger partial charge in [0.05, 0.1) is 23.5 Å². The highest BCUT2D eigenvalue weighted by atomic mass is 16.5. The van der Waals surface area contributed by atoms with Crippen LogP contribution in [0.4, 0.5) is 0 Å². The first-order valence-corrected chi connectivity index (χ1v) is 6.40. The lowest BCUT2D eigenvalue weighted by molar-refractivity contribution is 0.0989. The van der Waals surface area contributed by atoms with Gasteiger partial charge in [0.1, 0.15) is 12.4 Å². The molecule has 102 valence electrons. The minimum atomic E-state index is 0.108. The molecule has 0 radical (unpaired) electrons. The predicted molar refractivity (Wildman–Crippen MR) is 73.9 cm³/mol. The lowest BCUT2D eigenvalue weighted by Gasteiger charge is -2.11. The molecular weight excluding hydrogens is 242 g/mol. The number of nitrogens with zero attached hydrogens (tertiary/aromatic N) is 3. The summed E-state index contributed by atoms with van der Waals surface area (Å²) in [7, 11) is 4.01. The zero-order valence-corrected chi connectivity index (χ0v) is 11.6. The second-order valence-corrected chi connectivity index (χ2v) is 4.68. The fourth-order valence-corrected chi connectivity index (χ4v) is 1.80. The summed E-state index contributed by atoms with van der Waals surface area (Å²) in [5, 5.41) is 4.20. The third-order valence-electron chi connectivity index (χ3n) is 2.92. The standard InChI is InChI=1S/C14H19N3O2/c1-4-14(18)12-9-15-17-10-11(5-6-13(12)17)19-8-7-16(2)3/h5-6,9-10H,4,7-8H2,1-3H3. The molecule has 2 aromatic heterocycles. The number of aromatic nitrogens is 2. The third-order valence-corrected chi connectivity index (χ3v) is 2.92. The Balaban J connectivity index is 2.16. The molecule has 0 bridgehead atoms. The third kappa shape index (κ3) is 3.12. The zero-order valence-electron chi connectivity index (χ0n) is 11.6. The van der Waals surface area contributed by atoms with Crippen LogP contribution in [-0.2, 0) is 0 Å². The molecule has 0 atom stereocenters. The number of carbonyl (C=O) groups is 1. The summed E-state index contributed by atoms with van der Waals surface area (Å²) >= 11 is 0. The van der Waals surface area contributed by atoms with E-state index in [0.29, 0.717) is 18.6 Å². The van der Waals surface area contributed by atoms with Gasteiger partial charge in [-0.15, -0.1) is 0 Å². The van der Waals surface area contributed by atoms with Crippen LogP contribution in [0.1, 0.15) is 23.7 Å². The van der Waals surface area contributed by atoms with Crippen molar-refractivity contribution in [3.63, 3.8) is 0 Å². The number of Topliss-reactive ketones (excluding diaryl/α,β-unsaturated/α-hetero) is 1. The molecule has 0 spiro atoms. The van der Waals surface area contributed by atoms with Gasteiger partial charge in [0, 0.05) is 13.0 Å². The van der Waals surface area contributed by atoms with Crippen LogP contribution in [0.2, 0.25) is 0 Å². The van der Waals surface area contributed by atoms with Gasteiger partial charge in [0.2, 0.25) is 0 Å². The SMILES string of the molecule is CCC(=O)c1cnn2cc(OCCN(C)C)ccc12. The van der Waals surface area contributed by atoms with Crippen LogP contribution in [0, 0.1) is 0 Å². The van der Waals surface area contributed by atoms with E-state index in [1.807, 2.05) is 33.2 Å². The molecule has 2 aromatic rings. The highest BCUT2D eigenvalue weighted by Crippen LogP contribution is 2.17. The first kappa shape index (κ1) is 13.5. The molecule has 0 aliphatic carbocycles. The number of carbonyl (C=O) groups excluding carboxylic acids is 1. The molecule has 19 heavy (non-hydrogen) atoms. The number of fused-ring (bicyclic) bond motifs is 1. The fraction of sp³-hybridized carbons (Fsp3) is 0.429. The van der Waals surface area contributed by atoms with Crippen molar-refractivity contribution in [3.05, 3.63) is 30.1 Å². The molecule has 0 fully saturated rings. The van der Waals surface area contributed by atoms with E-state index in [2.05, 4.69) is 10.00 Å². The Hall–Kier alpha value is -1.88. The van der Waals surface area contributed by atoms with E-state index in [-0.39, 0.29) is 5.78 Å². The second kappa shape index (κ2) is 5.84. The smallest absolute Gasteiger partial charge is 0.166 e. The number of ether oxygens (including phenoxy) is 1. The summed E-state index contributed by atoms with van der Waals surface area (Å²) in [6.45, 7) is 3.34. The van der Waals surface area contributed by atoms with E-state index in [1.54, 1.807) is 16.9 Å². The lowest BCUT2D eigenvalue weighted by Crippen LogP contribution is -2.19. The van der Waals surface area contributed by atoms with E-state index in [0.717, 1.165) is 17.8 Å². The van der Waals surface area contributed by atoms with E-state index < -0.39 is 0 Å². The van der Waals surface area contributed by atoms with Gasteiger partial charge < -0.3 is 9.64 Å². The van der Waals surface area contributed by atoms with Gasteiger partial charge in [-0.05, 0) is 26.2 Å². The van der Waals surface area contributed by atoms with Crippen LogP contribution in [0.15, 0.2) is 24.5 Å². The second-order valence-electron chi connectivity index (χ2n) is 4.68. The maximum Gasteiger partial charge on any atom is 0.166 e. The van der Waals surface area contributed by atoms with Gasteiger partial charge in [-0.1, -0.05) is 6.92 Å². The average molecular weight is 261 g/mol. The molecule has 0 saturated heterocycles. The summed E-state index contributed by atoms with van der Waals surface area (Å²) in [5.41, 5.74) is 1.49. The fourth-order valence-electron chi connectivity index (χ4n) is 1.80. The molecule has 0 aromatic carbocycles. The molecular formula is C14H19N3O2. The van der Waals surface area contributed by atoms with E-state index in [1.165, 1.54) is 0 Å². The Morgan fingerprint density at radius 3 is 2.89 bits per heavy atom. The van der Waals surface area contributed by atoms with Crippen molar-refractivity contribution in [2.75, 3.05) is 27.2 Å². The van der Waals surface area contributed by atoms with Gasteiger partial charge >= 0.3 is 0 Å². The van der Waals surface area contributed by atoms with E-state index in [9.17, 15) is 4.79 Å². The minimum absolute atomic E-state index is 0.108. The number of pyridine rings is 1. The number of likely N-dealkylation sites (N-methyl/N-ethyl adjacent to an activating group) is 1. The van der Waals surface area contributed by atoms with Gasteiger partial charge in [-0.2, -0.15) is 5.10 Å². The number of hydrogen-bond acceptors (Lipinski definition) is 4. The molecule has 5 heteroatoms. The van der Waals surface area contributed by atoms with Crippen molar-refractivity contribution in [1.29, 1.82) is 0 Å². The Morgan fingerprint density at radius 2 is 2.21 bits per heavy atom. The Kier molecular flexibility index (Phi) is 4.16. The summed E-state index contributed by atoms with van der Waals surface area (Å²) < 4.78 is 7.32. The molecule has 0 N–H and O–H groups in total. The summed E-state index contributed by atoms with van der Waals surface area (Å²) in [6.07, 6.45) is 3.91. The predicted octanol–water partition coefficient (Wildman–Crippen LogP) is 1.87. The minimum Gasteiger partial charge on any atom is -0.491 e. The Labute approximate surface area is 112 Å². The molecule has 0 aliphatic heterocycles. The molecule has 0 aliphatic rings. The maximum absolute atomic E-state index is 11.7. The van der Waals surface area contributed by atoms with Gasteiger partial charge in [-0.25, -0.2) is 4.52 Å². The lowest BCUT2D eigenvalue weighted by atomic mass is 10.1. The number of rotatable bonds is 6. The van der Waals surface area contributed by atoms with Crippen LogP contribution >= 0.6 is 0 Å². The molecule has 0 saturated carbocycles. The molecule has 0 amide bonds. The molecule has 2 heterocycles. The molecule has 2 rings (SSSR count). The van der Waals surface area contributed by atoms with E-state index >= 15 is 0 Å². The number of ketones is 1. The molecule has 0 unspecified atom stereocenters. The van der Waals surface area contributed by atoms with Crippen molar-refractivity contribution in [1.82, 2.24) is 14.5 Å².